The zero-order valence-corrected chi connectivity index (χ0v) is 12.3. The molecule has 1 N–H and O–H groups in total. The molecule has 5 nitrogen and oxygen atoms in total. The molecule has 0 saturated carbocycles. The lowest BCUT2D eigenvalue weighted by Crippen LogP contribution is -2.39. The zero-order valence-electron chi connectivity index (χ0n) is 11.5. The van der Waals surface area contributed by atoms with Crippen LogP contribution >= 0.6 is 0 Å². The summed E-state index contributed by atoms with van der Waals surface area (Å²) >= 11 is 0. The van der Waals surface area contributed by atoms with E-state index in [1.165, 1.54) is 7.05 Å². The number of nitrogens with zero attached hydrogens (tertiary/aromatic N) is 1. The fourth-order valence-electron chi connectivity index (χ4n) is 1.63. The monoisotopic (exact) mass is 284 g/mol. The van der Waals surface area contributed by atoms with Crippen molar-refractivity contribution in [2.45, 2.75) is 19.9 Å². The molecule has 0 fully saturated rings. The van der Waals surface area contributed by atoms with Gasteiger partial charge in [-0.3, -0.25) is 4.79 Å². The predicted octanol–water partition coefficient (Wildman–Crippen LogP) is 1.15. The van der Waals surface area contributed by atoms with Gasteiger partial charge in [0.25, 0.3) is 0 Å². The van der Waals surface area contributed by atoms with Crippen LogP contribution in [0.4, 0.5) is 0 Å². The van der Waals surface area contributed by atoms with Crippen LogP contribution in [0.3, 0.4) is 0 Å². The van der Waals surface area contributed by atoms with Crippen LogP contribution in [0.15, 0.2) is 30.3 Å². The Bertz CT molecular complexity index is 514. The van der Waals surface area contributed by atoms with Crippen LogP contribution < -0.4 is 5.32 Å². The lowest BCUT2D eigenvalue weighted by molar-refractivity contribution is -0.121. The van der Waals surface area contributed by atoms with Gasteiger partial charge in [0.05, 0.1) is 18.3 Å². The Morgan fingerprint density at radius 2 is 1.89 bits per heavy atom. The lowest BCUT2D eigenvalue weighted by atomic mass is 10.1. The number of benzene rings is 1. The molecular formula is C13H20N2O3S. The minimum Gasteiger partial charge on any atom is -0.348 e. The van der Waals surface area contributed by atoms with Crippen LogP contribution in [-0.2, 0) is 14.8 Å². The van der Waals surface area contributed by atoms with E-state index in [4.69, 9.17) is 0 Å². The third-order valence-corrected chi connectivity index (χ3v) is 4.69. The molecule has 1 atom stereocenters. The number of sulfonamides is 1. The van der Waals surface area contributed by atoms with E-state index in [1.54, 1.807) is 6.92 Å². The van der Waals surface area contributed by atoms with E-state index in [1.807, 2.05) is 37.3 Å². The van der Waals surface area contributed by atoms with Crippen LogP contribution in [-0.4, -0.2) is 38.0 Å². The second-order valence-corrected chi connectivity index (χ2v) is 6.72. The van der Waals surface area contributed by atoms with Crippen molar-refractivity contribution in [1.82, 2.24) is 9.62 Å². The molecule has 0 bridgehead atoms. The van der Waals surface area contributed by atoms with Crippen LogP contribution in [0.5, 0.6) is 0 Å². The van der Waals surface area contributed by atoms with E-state index in [0.29, 0.717) is 0 Å². The van der Waals surface area contributed by atoms with Crippen LogP contribution in [0.1, 0.15) is 25.5 Å². The topological polar surface area (TPSA) is 66.5 Å². The molecule has 0 unspecified atom stereocenters. The van der Waals surface area contributed by atoms with Crippen molar-refractivity contribution in [1.29, 1.82) is 0 Å². The number of carbonyl (C=O) groups is 1. The SMILES string of the molecule is CCS(=O)(=O)N(C)CC(=O)N[C@@H](C)c1ccccc1. The molecule has 1 amide bonds. The summed E-state index contributed by atoms with van der Waals surface area (Å²) in [4.78, 5) is 11.8. The van der Waals surface area contributed by atoms with Gasteiger partial charge in [-0.25, -0.2) is 8.42 Å². The maximum absolute atomic E-state index is 11.8. The van der Waals surface area contributed by atoms with Crippen molar-refractivity contribution in [3.05, 3.63) is 35.9 Å². The molecule has 6 heteroatoms. The maximum Gasteiger partial charge on any atom is 0.235 e. The number of likely N-dealkylation sites (N-methyl/N-ethyl adjacent to an activating group) is 1. The number of rotatable bonds is 6. The Balaban J connectivity index is 2.57. The highest BCUT2D eigenvalue weighted by Gasteiger charge is 2.19. The first-order valence-electron chi connectivity index (χ1n) is 6.15. The molecule has 0 aliphatic rings. The zero-order chi connectivity index (χ0) is 14.5. The summed E-state index contributed by atoms with van der Waals surface area (Å²) in [5.74, 6) is -0.318. The molecular weight excluding hydrogens is 264 g/mol. The van der Waals surface area contributed by atoms with Gasteiger partial charge in [0, 0.05) is 7.05 Å². The Morgan fingerprint density at radius 3 is 2.42 bits per heavy atom. The van der Waals surface area contributed by atoms with Crippen molar-refractivity contribution in [2.24, 2.45) is 0 Å². The summed E-state index contributed by atoms with van der Waals surface area (Å²) in [5, 5.41) is 2.78. The molecule has 0 saturated heterocycles. The Kier molecular flexibility index (Phi) is 5.50. The standard InChI is InChI=1S/C13H20N2O3S/c1-4-19(17,18)15(3)10-13(16)14-11(2)12-8-6-5-7-9-12/h5-9,11H,4,10H2,1-3H3,(H,14,16)/t11-/m0/s1. The van der Waals surface area contributed by atoms with Gasteiger partial charge >= 0.3 is 0 Å². The summed E-state index contributed by atoms with van der Waals surface area (Å²) < 4.78 is 24.1. The summed E-state index contributed by atoms with van der Waals surface area (Å²) in [6.45, 7) is 3.26. The molecule has 1 aromatic carbocycles. The Labute approximate surface area is 114 Å². The van der Waals surface area contributed by atoms with Crippen molar-refractivity contribution in [2.75, 3.05) is 19.3 Å². The molecule has 0 aliphatic carbocycles. The molecule has 1 rings (SSSR count). The average molecular weight is 284 g/mol. The quantitative estimate of drug-likeness (QED) is 0.852. The molecule has 106 valence electrons. The van der Waals surface area contributed by atoms with Gasteiger partial charge in [-0.15, -0.1) is 0 Å². The van der Waals surface area contributed by atoms with Crippen molar-refractivity contribution in [3.8, 4) is 0 Å². The highest BCUT2D eigenvalue weighted by atomic mass is 32.2. The highest BCUT2D eigenvalue weighted by molar-refractivity contribution is 7.89. The maximum atomic E-state index is 11.8. The van der Waals surface area contributed by atoms with Crippen molar-refractivity contribution in [3.63, 3.8) is 0 Å². The largest absolute Gasteiger partial charge is 0.348 e. The molecule has 0 radical (unpaired) electrons. The third-order valence-electron chi connectivity index (χ3n) is 2.88. The first-order chi connectivity index (χ1) is 8.86. The van der Waals surface area contributed by atoms with Crippen LogP contribution in [0, 0.1) is 0 Å². The van der Waals surface area contributed by atoms with Gasteiger partial charge in [0.15, 0.2) is 0 Å². The number of nitrogens with one attached hydrogen (secondary N) is 1. The Hall–Kier alpha value is -1.40. The number of hydrogen-bond donors (Lipinski definition) is 1. The molecule has 0 aromatic heterocycles. The average Bonchev–Trinajstić information content (AvgIpc) is 2.39. The summed E-state index contributed by atoms with van der Waals surface area (Å²) in [7, 11) is -1.91. The van der Waals surface area contributed by atoms with Gasteiger partial charge in [-0.1, -0.05) is 30.3 Å². The minimum absolute atomic E-state index is 0.00891. The normalized spacial score (nSPS) is 13.3. The molecule has 0 aliphatic heterocycles. The fraction of sp³-hybridized carbons (Fsp3) is 0.462. The third kappa shape index (κ3) is 4.65. The Morgan fingerprint density at radius 1 is 1.32 bits per heavy atom. The van der Waals surface area contributed by atoms with Crippen molar-refractivity contribution >= 4 is 15.9 Å². The smallest absolute Gasteiger partial charge is 0.235 e. The molecule has 19 heavy (non-hydrogen) atoms. The summed E-state index contributed by atoms with van der Waals surface area (Å²) in [5.41, 5.74) is 0.983. The van der Waals surface area contributed by atoms with Gasteiger partial charge in [0.1, 0.15) is 0 Å². The van der Waals surface area contributed by atoms with E-state index < -0.39 is 10.0 Å². The molecule has 0 spiro atoms. The van der Waals surface area contributed by atoms with Crippen LogP contribution in [0.2, 0.25) is 0 Å². The lowest BCUT2D eigenvalue weighted by Gasteiger charge is -2.18. The first kappa shape index (κ1) is 15.7. The molecule has 0 heterocycles. The number of carbonyl (C=O) groups excluding carboxylic acids is 1. The van der Waals surface area contributed by atoms with Gasteiger partial charge in [-0.2, -0.15) is 4.31 Å². The van der Waals surface area contributed by atoms with Gasteiger partial charge < -0.3 is 5.32 Å². The summed E-state index contributed by atoms with van der Waals surface area (Å²) in [6, 6.07) is 9.37. The second-order valence-electron chi connectivity index (χ2n) is 4.36. The molecule has 1 aromatic rings. The van der Waals surface area contributed by atoms with Crippen LogP contribution in [0.25, 0.3) is 0 Å². The van der Waals surface area contributed by atoms with E-state index in [2.05, 4.69) is 5.32 Å². The van der Waals surface area contributed by atoms with E-state index in [9.17, 15) is 13.2 Å². The van der Waals surface area contributed by atoms with Gasteiger partial charge in [0.2, 0.25) is 15.9 Å². The fourth-order valence-corrected chi connectivity index (χ4v) is 2.39. The number of hydrogen-bond acceptors (Lipinski definition) is 3. The van der Waals surface area contributed by atoms with E-state index >= 15 is 0 Å². The van der Waals surface area contributed by atoms with Gasteiger partial charge in [-0.05, 0) is 19.4 Å². The van der Waals surface area contributed by atoms with E-state index in [-0.39, 0.29) is 24.2 Å². The minimum atomic E-state index is -3.32. The number of amides is 1. The predicted molar refractivity (Wildman–Crippen MR) is 75.1 cm³/mol. The highest BCUT2D eigenvalue weighted by Crippen LogP contribution is 2.10. The second kappa shape index (κ2) is 6.68. The van der Waals surface area contributed by atoms with Crippen molar-refractivity contribution < 1.29 is 13.2 Å². The first-order valence-corrected chi connectivity index (χ1v) is 7.76. The van der Waals surface area contributed by atoms with E-state index in [0.717, 1.165) is 9.87 Å². The summed E-state index contributed by atoms with van der Waals surface area (Å²) in [6.07, 6.45) is 0.